The molecular formula is C31H37N3O5. The van der Waals surface area contributed by atoms with Crippen molar-refractivity contribution in [2.45, 2.75) is 71.3 Å². The third-order valence-electron chi connectivity index (χ3n) is 6.80. The number of para-hydroxylation sites is 1. The van der Waals surface area contributed by atoms with Crippen LogP contribution >= 0.6 is 0 Å². The summed E-state index contributed by atoms with van der Waals surface area (Å²) < 4.78 is 18.5. The van der Waals surface area contributed by atoms with Crippen molar-refractivity contribution in [1.82, 2.24) is 9.66 Å². The highest BCUT2D eigenvalue weighted by Crippen LogP contribution is 2.35. The van der Waals surface area contributed by atoms with Crippen molar-refractivity contribution in [2.75, 3.05) is 13.2 Å². The fourth-order valence-electron chi connectivity index (χ4n) is 4.95. The molecule has 4 rings (SSSR count). The Balaban J connectivity index is 1.77. The van der Waals surface area contributed by atoms with Gasteiger partial charge >= 0.3 is 5.97 Å². The molecule has 0 aliphatic heterocycles. The van der Waals surface area contributed by atoms with E-state index in [-0.39, 0.29) is 18.1 Å². The highest BCUT2D eigenvalue weighted by Gasteiger charge is 2.23. The predicted octanol–water partition coefficient (Wildman–Crippen LogP) is 5.78. The smallest absolute Gasteiger partial charge is 0.347 e. The number of nitrogens with zero attached hydrogens (tertiary/aromatic N) is 3. The van der Waals surface area contributed by atoms with E-state index in [9.17, 15) is 9.59 Å². The van der Waals surface area contributed by atoms with Gasteiger partial charge in [-0.1, -0.05) is 37.5 Å². The van der Waals surface area contributed by atoms with E-state index in [0.717, 1.165) is 36.8 Å². The second kappa shape index (κ2) is 13.2. The lowest BCUT2D eigenvalue weighted by Gasteiger charge is -2.22. The Bertz CT molecular complexity index is 1410. The SMILES string of the molecule is C=CCc1cc(C=Nn2c(C3CCCCC3)nc3ccccc3c2=O)cc(OCC)c1O[C@@H](C)C(=O)OCC. The van der Waals surface area contributed by atoms with Gasteiger partial charge in [0.2, 0.25) is 0 Å². The Morgan fingerprint density at radius 3 is 2.67 bits per heavy atom. The molecule has 39 heavy (non-hydrogen) atoms. The van der Waals surface area contributed by atoms with Gasteiger partial charge in [0.1, 0.15) is 5.82 Å². The number of carbonyl (C=O) groups is 1. The van der Waals surface area contributed by atoms with Crippen molar-refractivity contribution in [3.63, 3.8) is 0 Å². The van der Waals surface area contributed by atoms with Gasteiger partial charge in [0.15, 0.2) is 17.6 Å². The summed E-state index contributed by atoms with van der Waals surface area (Å²) in [6.07, 6.45) is 8.49. The molecule has 8 nitrogen and oxygen atoms in total. The molecule has 3 aromatic rings. The highest BCUT2D eigenvalue weighted by atomic mass is 16.6. The van der Waals surface area contributed by atoms with Crippen LogP contribution in [0.3, 0.4) is 0 Å². The van der Waals surface area contributed by atoms with Crippen LogP contribution in [-0.2, 0) is 16.0 Å². The molecular weight excluding hydrogens is 494 g/mol. The van der Waals surface area contributed by atoms with Crippen LogP contribution in [-0.4, -0.2) is 41.2 Å². The van der Waals surface area contributed by atoms with Crippen molar-refractivity contribution in [1.29, 1.82) is 0 Å². The van der Waals surface area contributed by atoms with Gasteiger partial charge in [-0.05, 0) is 69.9 Å². The third kappa shape index (κ3) is 6.56. The zero-order valence-electron chi connectivity index (χ0n) is 23.0. The van der Waals surface area contributed by atoms with Crippen molar-refractivity contribution in [2.24, 2.45) is 5.10 Å². The number of ether oxygens (including phenoxy) is 3. The van der Waals surface area contributed by atoms with E-state index in [2.05, 4.69) is 11.7 Å². The van der Waals surface area contributed by atoms with E-state index in [1.54, 1.807) is 38.3 Å². The summed E-state index contributed by atoms with van der Waals surface area (Å²) in [5, 5.41) is 5.20. The molecule has 1 aliphatic rings. The van der Waals surface area contributed by atoms with Gasteiger partial charge in [-0.3, -0.25) is 4.79 Å². The first kappa shape index (κ1) is 28.1. The van der Waals surface area contributed by atoms with E-state index < -0.39 is 12.1 Å². The molecule has 0 unspecified atom stereocenters. The number of aromatic nitrogens is 2. The van der Waals surface area contributed by atoms with Gasteiger partial charge in [0.25, 0.3) is 5.56 Å². The summed E-state index contributed by atoms with van der Waals surface area (Å²) in [4.78, 5) is 30.7. The van der Waals surface area contributed by atoms with E-state index in [1.165, 1.54) is 11.1 Å². The molecule has 1 atom stereocenters. The maximum Gasteiger partial charge on any atom is 0.347 e. The molecule has 0 N–H and O–H groups in total. The number of benzene rings is 2. The maximum absolute atomic E-state index is 13.6. The third-order valence-corrected chi connectivity index (χ3v) is 6.80. The minimum atomic E-state index is -0.812. The van der Waals surface area contributed by atoms with Crippen LogP contribution in [0.4, 0.5) is 0 Å². The van der Waals surface area contributed by atoms with E-state index in [4.69, 9.17) is 19.2 Å². The first-order valence-electron chi connectivity index (χ1n) is 13.8. The summed E-state index contributed by atoms with van der Waals surface area (Å²) in [5.74, 6) is 1.37. The first-order valence-corrected chi connectivity index (χ1v) is 13.8. The number of rotatable bonds is 11. The van der Waals surface area contributed by atoms with Crippen LogP contribution in [0.15, 0.2) is 58.9 Å². The summed E-state index contributed by atoms with van der Waals surface area (Å²) >= 11 is 0. The Labute approximate surface area is 229 Å². The minimum absolute atomic E-state index is 0.183. The van der Waals surface area contributed by atoms with Crippen molar-refractivity contribution >= 4 is 23.1 Å². The molecule has 1 saturated carbocycles. The Morgan fingerprint density at radius 1 is 1.18 bits per heavy atom. The van der Waals surface area contributed by atoms with Crippen LogP contribution in [0.5, 0.6) is 11.5 Å². The Hall–Kier alpha value is -3.94. The standard InChI is InChI=1S/C31H37N3O5/c1-5-13-24-18-22(19-27(37-6-2)28(24)39-21(4)31(36)38-7-3)20-32-34-29(23-14-9-8-10-15-23)33-26-17-12-11-16-25(26)30(34)35/h5,11-12,16-21,23H,1,6-10,13-15H2,2-4H3/t21-/m0/s1. The lowest BCUT2D eigenvalue weighted by Crippen LogP contribution is -2.26. The lowest BCUT2D eigenvalue weighted by molar-refractivity contribution is -0.150. The lowest BCUT2D eigenvalue weighted by atomic mass is 9.88. The quantitative estimate of drug-likeness (QED) is 0.177. The van der Waals surface area contributed by atoms with Gasteiger partial charge in [-0.2, -0.15) is 9.78 Å². The monoisotopic (exact) mass is 531 g/mol. The van der Waals surface area contributed by atoms with Crippen LogP contribution in [0, 0.1) is 0 Å². The van der Waals surface area contributed by atoms with Crippen molar-refractivity contribution in [3.05, 3.63) is 76.4 Å². The predicted molar refractivity (Wildman–Crippen MR) is 153 cm³/mol. The molecule has 2 aromatic carbocycles. The number of hydrogen-bond donors (Lipinski definition) is 0. The van der Waals surface area contributed by atoms with Gasteiger partial charge in [-0.25, -0.2) is 9.78 Å². The second-order valence-corrected chi connectivity index (χ2v) is 9.63. The molecule has 1 heterocycles. The fraction of sp³-hybridized carbons (Fsp3) is 0.419. The zero-order valence-corrected chi connectivity index (χ0v) is 23.0. The second-order valence-electron chi connectivity index (χ2n) is 9.63. The van der Waals surface area contributed by atoms with Crippen molar-refractivity contribution in [3.8, 4) is 11.5 Å². The topological polar surface area (TPSA) is 92.0 Å². The molecule has 0 spiro atoms. The summed E-state index contributed by atoms with van der Waals surface area (Å²) in [7, 11) is 0. The van der Waals surface area contributed by atoms with E-state index >= 15 is 0 Å². The highest BCUT2D eigenvalue weighted by molar-refractivity contribution is 5.82. The molecule has 206 valence electrons. The Kier molecular flexibility index (Phi) is 9.52. The van der Waals surface area contributed by atoms with Gasteiger partial charge in [0.05, 0.1) is 30.3 Å². The molecule has 1 fully saturated rings. The largest absolute Gasteiger partial charge is 0.490 e. The molecule has 0 amide bonds. The number of allylic oxidation sites excluding steroid dienone is 1. The van der Waals surface area contributed by atoms with Crippen molar-refractivity contribution < 1.29 is 19.0 Å². The van der Waals surface area contributed by atoms with Crippen LogP contribution < -0.4 is 15.0 Å². The number of carbonyl (C=O) groups excluding carboxylic acids is 1. The molecule has 1 aliphatic carbocycles. The molecule has 0 radical (unpaired) electrons. The van der Waals surface area contributed by atoms with E-state index in [1.807, 2.05) is 31.2 Å². The molecule has 8 heteroatoms. The summed E-state index contributed by atoms with van der Waals surface area (Å²) in [6, 6.07) is 11.1. The minimum Gasteiger partial charge on any atom is -0.490 e. The zero-order chi connectivity index (χ0) is 27.8. The number of hydrogen-bond acceptors (Lipinski definition) is 7. The van der Waals surface area contributed by atoms with Crippen LogP contribution in [0.25, 0.3) is 10.9 Å². The van der Waals surface area contributed by atoms with Crippen LogP contribution in [0.2, 0.25) is 0 Å². The van der Waals surface area contributed by atoms with E-state index in [0.29, 0.717) is 41.3 Å². The molecule has 0 bridgehead atoms. The van der Waals surface area contributed by atoms with Crippen LogP contribution in [0.1, 0.15) is 75.7 Å². The number of esters is 1. The van der Waals surface area contributed by atoms with Gasteiger partial charge in [-0.15, -0.1) is 6.58 Å². The summed E-state index contributed by atoms with van der Waals surface area (Å²) in [5.41, 5.74) is 2.02. The molecule has 0 saturated heterocycles. The molecule has 1 aromatic heterocycles. The average molecular weight is 532 g/mol. The normalized spacial score (nSPS) is 14.8. The maximum atomic E-state index is 13.6. The Morgan fingerprint density at radius 2 is 1.95 bits per heavy atom. The summed E-state index contributed by atoms with van der Waals surface area (Å²) in [6.45, 7) is 9.82. The fourth-order valence-corrected chi connectivity index (χ4v) is 4.95. The average Bonchev–Trinajstić information content (AvgIpc) is 2.95. The number of fused-ring (bicyclic) bond motifs is 1. The first-order chi connectivity index (χ1) is 19.0. The van der Waals surface area contributed by atoms with Gasteiger partial charge in [0, 0.05) is 11.5 Å². The van der Waals surface area contributed by atoms with Gasteiger partial charge < -0.3 is 14.2 Å².